The van der Waals surface area contributed by atoms with Crippen LogP contribution in [0.3, 0.4) is 0 Å². The molecule has 0 saturated carbocycles. The molecule has 0 bridgehead atoms. The molecule has 1 N–H and O–H groups in total. The highest BCUT2D eigenvalue weighted by atomic mass is 35.5. The molecule has 2 heterocycles. The van der Waals surface area contributed by atoms with Crippen LogP contribution in [0.2, 0.25) is 0 Å². The van der Waals surface area contributed by atoms with Crippen LogP contribution in [-0.2, 0) is 39.9 Å². The van der Waals surface area contributed by atoms with Gasteiger partial charge in [0.2, 0.25) is 5.91 Å². The van der Waals surface area contributed by atoms with Crippen molar-refractivity contribution in [2.75, 3.05) is 16.8 Å². The summed E-state index contributed by atoms with van der Waals surface area (Å²) in [6.07, 6.45) is -3.63. The van der Waals surface area contributed by atoms with E-state index in [1.165, 1.54) is 11.6 Å². The second-order valence-electron chi connectivity index (χ2n) is 9.02. The van der Waals surface area contributed by atoms with Crippen molar-refractivity contribution in [1.82, 2.24) is 4.90 Å². The molecule has 0 unspecified atom stereocenters. The first-order valence-electron chi connectivity index (χ1n) is 11.8. The van der Waals surface area contributed by atoms with E-state index in [2.05, 4.69) is 11.4 Å². The van der Waals surface area contributed by atoms with Gasteiger partial charge in [-0.25, -0.2) is 4.90 Å². The van der Waals surface area contributed by atoms with Gasteiger partial charge in [-0.05, 0) is 53.4 Å². The third kappa shape index (κ3) is 5.02. The Labute approximate surface area is 221 Å². The number of halogens is 4. The van der Waals surface area contributed by atoms with Crippen LogP contribution in [0, 0.1) is 0 Å². The highest BCUT2D eigenvalue weighted by Crippen LogP contribution is 2.35. The van der Waals surface area contributed by atoms with Gasteiger partial charge in [0.25, 0.3) is 11.8 Å². The molecule has 0 aliphatic carbocycles. The molecule has 5 rings (SSSR count). The largest absolute Gasteiger partial charge is 0.416 e. The Morgan fingerprint density at radius 1 is 0.921 bits per heavy atom. The molecule has 0 radical (unpaired) electrons. The van der Waals surface area contributed by atoms with E-state index in [9.17, 15) is 27.6 Å². The fourth-order valence-corrected chi connectivity index (χ4v) is 4.73. The third-order valence-electron chi connectivity index (χ3n) is 6.52. The third-order valence-corrected chi connectivity index (χ3v) is 6.87. The zero-order valence-corrected chi connectivity index (χ0v) is 20.6. The number of anilines is 2. The van der Waals surface area contributed by atoms with Gasteiger partial charge in [-0.3, -0.25) is 14.4 Å². The minimum Gasteiger partial charge on any atom is -0.350 e. The summed E-state index contributed by atoms with van der Waals surface area (Å²) in [7, 11) is 0. The van der Waals surface area contributed by atoms with Crippen molar-refractivity contribution in [3.8, 4) is 0 Å². The van der Waals surface area contributed by atoms with Gasteiger partial charge in [0.1, 0.15) is 10.7 Å². The van der Waals surface area contributed by atoms with Crippen LogP contribution in [0.5, 0.6) is 0 Å². The lowest BCUT2D eigenvalue weighted by Crippen LogP contribution is -2.36. The molecule has 3 aromatic carbocycles. The number of nitrogens with zero attached hydrogens (tertiary/aromatic N) is 2. The smallest absolute Gasteiger partial charge is 0.350 e. The first kappa shape index (κ1) is 25.5. The molecule has 10 heteroatoms. The van der Waals surface area contributed by atoms with Gasteiger partial charge in [0.15, 0.2) is 0 Å². The number of rotatable bonds is 5. The summed E-state index contributed by atoms with van der Waals surface area (Å²) in [6, 6.07) is 18.7. The fraction of sp³-hybridized carbons (Fsp3) is 0.179. The van der Waals surface area contributed by atoms with Crippen molar-refractivity contribution in [2.24, 2.45) is 0 Å². The number of nitrogens with one attached hydrogen (secondary N) is 1. The van der Waals surface area contributed by atoms with Gasteiger partial charge in [0.05, 0.1) is 17.7 Å². The Bertz CT molecular complexity index is 1470. The molecular formula is C28H21ClF3N3O3. The number of hydrogen-bond donors (Lipinski definition) is 1. The van der Waals surface area contributed by atoms with Crippen molar-refractivity contribution in [1.29, 1.82) is 0 Å². The summed E-state index contributed by atoms with van der Waals surface area (Å²) in [5, 5.41) is 2.36. The summed E-state index contributed by atoms with van der Waals surface area (Å²) < 4.78 is 39.3. The standard InChI is InChI=1S/C28H21ClF3N3O3/c29-24-25(27(38)35(26(24)37)22-7-3-6-20(15-22)28(30,31)32)33-21-10-8-17(9-11-21)14-23(36)34-13-12-18-4-1-2-5-19(18)16-34/h1-11,15,33H,12-14,16H2. The molecule has 0 aromatic heterocycles. The molecule has 3 amide bonds. The molecule has 2 aliphatic rings. The van der Waals surface area contributed by atoms with Crippen LogP contribution in [0.25, 0.3) is 0 Å². The number of benzene rings is 3. The second kappa shape index (κ2) is 9.98. The topological polar surface area (TPSA) is 69.7 Å². The second-order valence-corrected chi connectivity index (χ2v) is 9.39. The maximum Gasteiger partial charge on any atom is 0.416 e. The lowest BCUT2D eigenvalue weighted by Gasteiger charge is -2.29. The number of fused-ring (bicyclic) bond motifs is 1. The highest BCUT2D eigenvalue weighted by Gasteiger charge is 2.40. The van der Waals surface area contributed by atoms with Gasteiger partial charge in [-0.2, -0.15) is 13.2 Å². The van der Waals surface area contributed by atoms with Crippen LogP contribution in [0.4, 0.5) is 24.5 Å². The Morgan fingerprint density at radius 3 is 2.34 bits per heavy atom. The van der Waals surface area contributed by atoms with E-state index in [0.29, 0.717) is 23.7 Å². The fourth-order valence-electron chi connectivity index (χ4n) is 4.51. The average Bonchev–Trinajstić information content (AvgIpc) is 3.11. The monoisotopic (exact) mass is 539 g/mol. The van der Waals surface area contributed by atoms with Crippen LogP contribution in [0.15, 0.2) is 83.5 Å². The van der Waals surface area contributed by atoms with E-state index in [1.54, 1.807) is 24.3 Å². The van der Waals surface area contributed by atoms with Gasteiger partial charge < -0.3 is 10.2 Å². The molecule has 0 saturated heterocycles. The lowest BCUT2D eigenvalue weighted by atomic mass is 9.99. The lowest BCUT2D eigenvalue weighted by molar-refractivity contribution is -0.137. The number of hydrogen-bond acceptors (Lipinski definition) is 4. The molecule has 38 heavy (non-hydrogen) atoms. The zero-order valence-electron chi connectivity index (χ0n) is 19.9. The summed E-state index contributed by atoms with van der Waals surface area (Å²) in [5.41, 5.74) is 2.11. The molecule has 0 spiro atoms. The minimum atomic E-state index is -4.64. The van der Waals surface area contributed by atoms with Crippen LogP contribution in [-0.4, -0.2) is 29.2 Å². The van der Waals surface area contributed by atoms with E-state index in [0.717, 1.165) is 35.7 Å². The van der Waals surface area contributed by atoms with Crippen molar-refractivity contribution in [3.63, 3.8) is 0 Å². The quantitative estimate of drug-likeness (QED) is 0.449. The highest BCUT2D eigenvalue weighted by molar-refractivity contribution is 6.53. The van der Waals surface area contributed by atoms with Crippen molar-refractivity contribution in [2.45, 2.75) is 25.6 Å². The Balaban J connectivity index is 1.25. The number of amides is 3. The Morgan fingerprint density at radius 2 is 1.63 bits per heavy atom. The summed E-state index contributed by atoms with van der Waals surface area (Å²) in [6.45, 7) is 1.22. The first-order valence-corrected chi connectivity index (χ1v) is 12.2. The zero-order chi connectivity index (χ0) is 27.0. The van der Waals surface area contributed by atoms with Crippen molar-refractivity contribution < 1.29 is 27.6 Å². The SMILES string of the molecule is O=C(Cc1ccc(NC2=C(Cl)C(=O)N(c3cccc(C(F)(F)F)c3)C2=O)cc1)N1CCc2ccccc2C1. The number of alkyl halides is 3. The summed E-state index contributed by atoms with van der Waals surface area (Å²) in [5.74, 6) is -1.80. The number of carbonyl (C=O) groups is 3. The van der Waals surface area contributed by atoms with E-state index in [4.69, 9.17) is 11.6 Å². The predicted octanol–water partition coefficient (Wildman–Crippen LogP) is 5.27. The molecule has 2 aliphatic heterocycles. The molecular weight excluding hydrogens is 519 g/mol. The van der Waals surface area contributed by atoms with Crippen molar-refractivity contribution >= 4 is 40.7 Å². The van der Waals surface area contributed by atoms with Crippen LogP contribution in [0.1, 0.15) is 22.3 Å². The summed E-state index contributed by atoms with van der Waals surface area (Å²) in [4.78, 5) is 40.8. The van der Waals surface area contributed by atoms with Gasteiger partial charge >= 0.3 is 6.18 Å². The first-order chi connectivity index (χ1) is 18.1. The van der Waals surface area contributed by atoms with E-state index < -0.39 is 28.6 Å². The normalized spacial score (nSPS) is 15.7. The maximum absolute atomic E-state index is 13.1. The summed E-state index contributed by atoms with van der Waals surface area (Å²) >= 11 is 6.10. The average molecular weight is 540 g/mol. The molecule has 194 valence electrons. The van der Waals surface area contributed by atoms with Gasteiger partial charge in [-0.1, -0.05) is 54.1 Å². The molecule has 3 aromatic rings. The predicted molar refractivity (Wildman–Crippen MR) is 136 cm³/mol. The van der Waals surface area contributed by atoms with E-state index in [-0.39, 0.29) is 23.7 Å². The molecule has 6 nitrogen and oxygen atoms in total. The number of carbonyl (C=O) groups excluding carboxylic acids is 3. The van der Waals surface area contributed by atoms with Gasteiger partial charge in [0, 0.05) is 18.8 Å². The maximum atomic E-state index is 13.1. The Hall–Kier alpha value is -4.11. The van der Waals surface area contributed by atoms with Crippen LogP contribution < -0.4 is 10.2 Å². The number of imide groups is 1. The van der Waals surface area contributed by atoms with Crippen LogP contribution >= 0.6 is 11.6 Å². The van der Waals surface area contributed by atoms with Crippen molar-refractivity contribution in [3.05, 3.63) is 106 Å². The minimum absolute atomic E-state index is 0.000684. The van der Waals surface area contributed by atoms with E-state index >= 15 is 0 Å². The molecule has 0 fully saturated rings. The van der Waals surface area contributed by atoms with E-state index in [1.807, 2.05) is 23.1 Å². The molecule has 0 atom stereocenters. The Kier molecular flexibility index (Phi) is 6.71. The van der Waals surface area contributed by atoms with Gasteiger partial charge in [-0.15, -0.1) is 0 Å².